The zero-order valence-corrected chi connectivity index (χ0v) is 6.00. The Bertz CT molecular complexity index is 82.5. The van der Waals surface area contributed by atoms with E-state index in [4.69, 9.17) is 11.6 Å². The Morgan fingerprint density at radius 2 is 2.38 bits per heavy atom. The Morgan fingerprint density at radius 1 is 1.62 bits per heavy atom. The molecule has 1 heterocycles. The molecule has 1 rings (SSSR count). The van der Waals surface area contributed by atoms with E-state index in [9.17, 15) is 0 Å². The van der Waals surface area contributed by atoms with Gasteiger partial charge in [-0.2, -0.15) is 0 Å². The molecule has 0 radical (unpaired) electrons. The number of hydrogen-bond donors (Lipinski definition) is 1. The van der Waals surface area contributed by atoms with Crippen LogP contribution in [0.3, 0.4) is 0 Å². The van der Waals surface area contributed by atoms with Crippen LogP contribution in [0.5, 0.6) is 0 Å². The molecule has 0 amide bonds. The highest BCUT2D eigenvalue weighted by Crippen LogP contribution is 1.98. The molecule has 0 bridgehead atoms. The maximum atomic E-state index is 5.67. The summed E-state index contributed by atoms with van der Waals surface area (Å²) in [6, 6.07) is 0. The first-order valence-corrected chi connectivity index (χ1v) is 2.84. The smallest absolute Gasteiger partial charge is 0.0641 e. The molecule has 3 heteroatoms. The average Bonchev–Trinajstić information content (AvgIpc) is 1.69. The first kappa shape index (κ1) is 8.28. The van der Waals surface area contributed by atoms with Gasteiger partial charge in [-0.05, 0) is 0 Å². The van der Waals surface area contributed by atoms with Gasteiger partial charge in [-0.15, -0.1) is 24.0 Å². The third kappa shape index (κ3) is 2.55. The predicted octanol–water partition coefficient (Wildman–Crippen LogP) is 1.17. The highest BCUT2D eigenvalue weighted by atomic mass is 35.5. The molecule has 8 heavy (non-hydrogen) atoms. The van der Waals surface area contributed by atoms with Gasteiger partial charge in [-0.25, -0.2) is 0 Å². The van der Waals surface area contributed by atoms with Gasteiger partial charge in [0, 0.05) is 13.1 Å². The van der Waals surface area contributed by atoms with Crippen molar-refractivity contribution in [3.63, 3.8) is 0 Å². The van der Waals surface area contributed by atoms with E-state index >= 15 is 0 Å². The summed E-state index contributed by atoms with van der Waals surface area (Å²) in [5, 5.41) is 3.33. The Morgan fingerprint density at radius 3 is 2.62 bits per heavy atom. The standard InChI is InChI=1S/C5H8ClN.ClH/c6-5-2-1-3-7-4-5;/h1-2,5,7H,3-4H2;1H. The fourth-order valence-electron chi connectivity index (χ4n) is 0.588. The van der Waals surface area contributed by atoms with Crippen LogP contribution in [0.1, 0.15) is 0 Å². The second kappa shape index (κ2) is 4.19. The van der Waals surface area contributed by atoms with Crippen LogP contribution in [0.2, 0.25) is 0 Å². The lowest BCUT2D eigenvalue weighted by Gasteiger charge is -2.08. The molecule has 0 saturated carbocycles. The minimum absolute atomic E-state index is 0. The van der Waals surface area contributed by atoms with Crippen molar-refractivity contribution < 1.29 is 0 Å². The molecule has 0 saturated heterocycles. The molecule has 1 unspecified atom stereocenters. The number of rotatable bonds is 0. The van der Waals surface area contributed by atoms with E-state index in [1.807, 2.05) is 12.2 Å². The SMILES string of the molecule is Cl.ClC1C=CCNC1. The molecule has 0 spiro atoms. The topological polar surface area (TPSA) is 12.0 Å². The molecule has 0 fully saturated rings. The fourth-order valence-corrected chi connectivity index (χ4v) is 0.800. The van der Waals surface area contributed by atoms with Crippen molar-refractivity contribution in [1.82, 2.24) is 5.32 Å². The average molecular weight is 154 g/mol. The van der Waals surface area contributed by atoms with E-state index in [0.29, 0.717) is 0 Å². The highest BCUT2D eigenvalue weighted by molar-refractivity contribution is 6.22. The fraction of sp³-hybridized carbons (Fsp3) is 0.600. The highest BCUT2D eigenvalue weighted by Gasteiger charge is 1.99. The van der Waals surface area contributed by atoms with Crippen LogP contribution in [0.15, 0.2) is 12.2 Å². The van der Waals surface area contributed by atoms with E-state index in [2.05, 4.69) is 5.32 Å². The van der Waals surface area contributed by atoms with Crippen LogP contribution in [0, 0.1) is 0 Å². The van der Waals surface area contributed by atoms with Gasteiger partial charge in [0.05, 0.1) is 5.38 Å². The minimum Gasteiger partial charge on any atom is -0.311 e. The monoisotopic (exact) mass is 153 g/mol. The summed E-state index contributed by atoms with van der Waals surface area (Å²) in [7, 11) is 0. The Balaban J connectivity index is 0.000000490. The normalized spacial score (nSPS) is 26.9. The summed E-state index contributed by atoms with van der Waals surface area (Å²) in [6.07, 6.45) is 4.05. The predicted molar refractivity (Wildman–Crippen MR) is 38.9 cm³/mol. The molecule has 0 aromatic rings. The number of halogens is 2. The number of hydrogen-bond acceptors (Lipinski definition) is 1. The molecule has 0 aromatic carbocycles. The van der Waals surface area contributed by atoms with Gasteiger partial charge in [0.1, 0.15) is 0 Å². The molecular weight excluding hydrogens is 145 g/mol. The van der Waals surface area contributed by atoms with E-state index < -0.39 is 0 Å². The van der Waals surface area contributed by atoms with Gasteiger partial charge >= 0.3 is 0 Å². The maximum absolute atomic E-state index is 5.67. The number of nitrogens with one attached hydrogen (secondary N) is 1. The van der Waals surface area contributed by atoms with Crippen molar-refractivity contribution in [2.24, 2.45) is 0 Å². The zero-order chi connectivity index (χ0) is 5.11. The van der Waals surface area contributed by atoms with Gasteiger partial charge in [-0.1, -0.05) is 12.2 Å². The molecule has 0 aromatic heterocycles. The van der Waals surface area contributed by atoms with Crippen molar-refractivity contribution in [2.45, 2.75) is 5.38 Å². The molecule has 1 nitrogen and oxygen atoms in total. The van der Waals surface area contributed by atoms with Gasteiger partial charge < -0.3 is 5.32 Å². The molecule has 1 atom stereocenters. The van der Waals surface area contributed by atoms with Gasteiger partial charge in [0.2, 0.25) is 0 Å². The lowest BCUT2D eigenvalue weighted by molar-refractivity contribution is 0.733. The van der Waals surface area contributed by atoms with Crippen molar-refractivity contribution in [3.05, 3.63) is 12.2 Å². The third-order valence-electron chi connectivity index (χ3n) is 0.946. The second-order valence-electron chi connectivity index (χ2n) is 1.60. The maximum Gasteiger partial charge on any atom is 0.0641 e. The van der Waals surface area contributed by atoms with E-state index in [1.165, 1.54) is 0 Å². The van der Waals surface area contributed by atoms with Gasteiger partial charge in [0.15, 0.2) is 0 Å². The lowest BCUT2D eigenvalue weighted by Crippen LogP contribution is -2.25. The summed E-state index contributed by atoms with van der Waals surface area (Å²) < 4.78 is 0. The quantitative estimate of drug-likeness (QED) is 0.408. The largest absolute Gasteiger partial charge is 0.311 e. The molecule has 48 valence electrons. The zero-order valence-electron chi connectivity index (χ0n) is 4.43. The third-order valence-corrected chi connectivity index (χ3v) is 1.25. The van der Waals surface area contributed by atoms with Crippen LogP contribution < -0.4 is 5.32 Å². The van der Waals surface area contributed by atoms with Crippen LogP contribution in [-0.4, -0.2) is 18.5 Å². The van der Waals surface area contributed by atoms with E-state index in [1.54, 1.807) is 0 Å². The Hall–Kier alpha value is 0.280. The lowest BCUT2D eigenvalue weighted by atomic mass is 10.3. The van der Waals surface area contributed by atoms with Crippen molar-refractivity contribution in [1.29, 1.82) is 0 Å². The van der Waals surface area contributed by atoms with E-state index in [0.717, 1.165) is 13.1 Å². The van der Waals surface area contributed by atoms with Crippen LogP contribution in [0.25, 0.3) is 0 Å². The minimum atomic E-state index is 0. The second-order valence-corrected chi connectivity index (χ2v) is 2.16. The first-order chi connectivity index (χ1) is 3.39. The summed E-state index contributed by atoms with van der Waals surface area (Å²) in [6.45, 7) is 1.89. The summed E-state index contributed by atoms with van der Waals surface area (Å²) in [5.41, 5.74) is 0. The summed E-state index contributed by atoms with van der Waals surface area (Å²) >= 11 is 5.67. The van der Waals surface area contributed by atoms with Gasteiger partial charge in [-0.3, -0.25) is 0 Å². The van der Waals surface area contributed by atoms with E-state index in [-0.39, 0.29) is 17.8 Å². The summed E-state index contributed by atoms with van der Waals surface area (Å²) in [5.74, 6) is 0. The molecular formula is C5H9Cl2N. The van der Waals surface area contributed by atoms with Crippen molar-refractivity contribution in [3.8, 4) is 0 Å². The first-order valence-electron chi connectivity index (χ1n) is 2.41. The molecule has 1 aliphatic heterocycles. The number of alkyl halides is 1. The van der Waals surface area contributed by atoms with Crippen LogP contribution in [0.4, 0.5) is 0 Å². The molecule has 1 aliphatic rings. The molecule has 0 aliphatic carbocycles. The van der Waals surface area contributed by atoms with Crippen LogP contribution >= 0.6 is 24.0 Å². The van der Waals surface area contributed by atoms with Crippen molar-refractivity contribution >= 4 is 24.0 Å². The summed E-state index contributed by atoms with van der Waals surface area (Å²) in [4.78, 5) is 0. The van der Waals surface area contributed by atoms with Crippen LogP contribution in [-0.2, 0) is 0 Å². The van der Waals surface area contributed by atoms with Crippen molar-refractivity contribution in [2.75, 3.05) is 13.1 Å². The molecule has 1 N–H and O–H groups in total. The Labute approximate surface area is 60.5 Å². The Kier molecular flexibility index (Phi) is 4.33. The van der Waals surface area contributed by atoms with Gasteiger partial charge in [0.25, 0.3) is 0 Å².